The van der Waals surface area contributed by atoms with Crippen LogP contribution in [0.4, 0.5) is 0 Å². The molecule has 0 aliphatic rings. The van der Waals surface area contributed by atoms with Gasteiger partial charge in [-0.3, -0.25) is 4.79 Å². The molecular weight excluding hydrogens is 276 g/mol. The van der Waals surface area contributed by atoms with Crippen molar-refractivity contribution in [3.8, 4) is 18.1 Å². The second-order valence-electron chi connectivity index (χ2n) is 4.36. The minimum absolute atomic E-state index is 0.00696. The highest BCUT2D eigenvalue weighted by molar-refractivity contribution is 6.31. The Kier molecular flexibility index (Phi) is 6.92. The van der Waals surface area contributed by atoms with E-state index in [-0.39, 0.29) is 25.1 Å². The van der Waals surface area contributed by atoms with Gasteiger partial charge in [-0.25, -0.2) is 0 Å². The number of nitrogens with one attached hydrogen (secondary N) is 1. The molecule has 1 aromatic rings. The Bertz CT molecular complexity index is 497. The van der Waals surface area contributed by atoms with Crippen LogP contribution < -0.4 is 15.8 Å². The second kappa shape index (κ2) is 8.47. The average molecular weight is 295 g/mol. The Balaban J connectivity index is 2.72. The van der Waals surface area contributed by atoms with Gasteiger partial charge in [-0.15, -0.1) is 6.42 Å². The zero-order valence-corrected chi connectivity index (χ0v) is 12.2. The summed E-state index contributed by atoms with van der Waals surface area (Å²) in [4.78, 5) is 11.5. The summed E-state index contributed by atoms with van der Waals surface area (Å²) in [5, 5.41) is 3.12. The van der Waals surface area contributed by atoms with Gasteiger partial charge in [-0.2, -0.15) is 0 Å². The maximum absolute atomic E-state index is 11.5. The Morgan fingerprint density at radius 3 is 3.00 bits per heavy atom. The van der Waals surface area contributed by atoms with Crippen LogP contribution in [-0.2, 0) is 11.2 Å². The summed E-state index contributed by atoms with van der Waals surface area (Å²) in [5.74, 6) is 2.64. The number of carbonyl (C=O) groups excluding carboxylic acids is 1. The molecule has 0 saturated heterocycles. The maximum atomic E-state index is 11.5. The van der Waals surface area contributed by atoms with Crippen LogP contribution in [0.2, 0.25) is 5.02 Å². The van der Waals surface area contributed by atoms with Crippen molar-refractivity contribution in [2.45, 2.75) is 25.8 Å². The molecule has 1 rings (SSSR count). The number of terminal acetylenes is 1. The first-order valence-electron chi connectivity index (χ1n) is 6.44. The number of ether oxygens (including phenoxy) is 1. The quantitative estimate of drug-likeness (QED) is 0.753. The zero-order valence-electron chi connectivity index (χ0n) is 11.5. The second-order valence-corrected chi connectivity index (χ2v) is 4.77. The Labute approximate surface area is 124 Å². The molecule has 0 radical (unpaired) electrons. The van der Waals surface area contributed by atoms with Crippen LogP contribution in [0.1, 0.15) is 18.9 Å². The Morgan fingerprint density at radius 1 is 1.60 bits per heavy atom. The van der Waals surface area contributed by atoms with Crippen LogP contribution in [0.5, 0.6) is 5.75 Å². The summed E-state index contributed by atoms with van der Waals surface area (Å²) in [7, 11) is 0. The van der Waals surface area contributed by atoms with Crippen molar-refractivity contribution >= 4 is 17.5 Å². The fourth-order valence-electron chi connectivity index (χ4n) is 1.62. The van der Waals surface area contributed by atoms with Crippen LogP contribution in [0.3, 0.4) is 0 Å². The highest BCUT2D eigenvalue weighted by Crippen LogP contribution is 2.27. The highest BCUT2D eigenvalue weighted by Gasteiger charge is 2.12. The minimum atomic E-state index is -0.270. The molecule has 1 atom stereocenters. The van der Waals surface area contributed by atoms with Gasteiger partial charge in [-0.1, -0.05) is 30.5 Å². The third-order valence-electron chi connectivity index (χ3n) is 2.81. The molecule has 1 aromatic carbocycles. The van der Waals surface area contributed by atoms with Crippen molar-refractivity contribution in [1.82, 2.24) is 5.32 Å². The van der Waals surface area contributed by atoms with E-state index < -0.39 is 0 Å². The number of amides is 1. The van der Waals surface area contributed by atoms with Crippen molar-refractivity contribution in [2.75, 3.05) is 13.2 Å². The fraction of sp³-hybridized carbons (Fsp3) is 0.400. The zero-order chi connectivity index (χ0) is 15.0. The molecule has 0 aliphatic carbocycles. The van der Waals surface area contributed by atoms with Crippen LogP contribution >= 0.6 is 11.6 Å². The van der Waals surface area contributed by atoms with E-state index in [0.717, 1.165) is 12.0 Å². The van der Waals surface area contributed by atoms with Crippen LogP contribution in [-0.4, -0.2) is 25.1 Å². The van der Waals surface area contributed by atoms with E-state index in [2.05, 4.69) is 11.2 Å². The summed E-state index contributed by atoms with van der Waals surface area (Å²) in [6.07, 6.45) is 6.51. The third-order valence-corrected chi connectivity index (χ3v) is 3.17. The third kappa shape index (κ3) is 5.12. The summed E-state index contributed by atoms with van der Waals surface area (Å²) in [5.41, 5.74) is 6.78. The minimum Gasteiger partial charge on any atom is -0.483 e. The van der Waals surface area contributed by atoms with Gasteiger partial charge < -0.3 is 15.8 Å². The molecule has 5 heteroatoms. The number of benzene rings is 1. The van der Waals surface area contributed by atoms with Gasteiger partial charge in [0, 0.05) is 16.6 Å². The van der Waals surface area contributed by atoms with E-state index in [1.807, 2.05) is 6.92 Å². The summed E-state index contributed by atoms with van der Waals surface area (Å²) < 4.78 is 5.50. The SMILES string of the molecule is C#CCNC(=O)COc1cccc(Cl)c1CC(N)CC. The topological polar surface area (TPSA) is 64.3 Å². The average Bonchev–Trinajstić information content (AvgIpc) is 2.45. The van der Waals surface area contributed by atoms with Gasteiger partial charge in [0.2, 0.25) is 0 Å². The molecular formula is C15H19ClN2O2. The molecule has 0 bridgehead atoms. The van der Waals surface area contributed by atoms with Gasteiger partial charge in [0.05, 0.1) is 6.54 Å². The van der Waals surface area contributed by atoms with E-state index in [0.29, 0.717) is 17.2 Å². The molecule has 0 aromatic heterocycles. The van der Waals surface area contributed by atoms with Crippen molar-refractivity contribution in [3.63, 3.8) is 0 Å². The van der Waals surface area contributed by atoms with E-state index in [4.69, 9.17) is 28.5 Å². The number of rotatable bonds is 7. The van der Waals surface area contributed by atoms with Crippen LogP contribution in [0.25, 0.3) is 0 Å². The lowest BCUT2D eigenvalue weighted by Gasteiger charge is -2.15. The number of carbonyl (C=O) groups is 1. The van der Waals surface area contributed by atoms with E-state index in [1.54, 1.807) is 18.2 Å². The Morgan fingerprint density at radius 2 is 2.35 bits per heavy atom. The molecule has 0 saturated carbocycles. The standard InChI is InChI=1S/C15H19ClN2O2/c1-3-8-18-15(19)10-20-14-7-5-6-13(16)12(14)9-11(17)4-2/h1,5-7,11H,4,8-10,17H2,2H3,(H,18,19). The number of hydrogen-bond donors (Lipinski definition) is 2. The summed E-state index contributed by atoms with van der Waals surface area (Å²) in [6.45, 7) is 2.09. The van der Waals surface area contributed by atoms with E-state index in [9.17, 15) is 4.79 Å². The van der Waals surface area contributed by atoms with Gasteiger partial charge >= 0.3 is 0 Å². The molecule has 0 spiro atoms. The monoisotopic (exact) mass is 294 g/mol. The van der Waals surface area contributed by atoms with Crippen molar-refractivity contribution in [2.24, 2.45) is 5.73 Å². The van der Waals surface area contributed by atoms with Crippen molar-refractivity contribution in [1.29, 1.82) is 0 Å². The maximum Gasteiger partial charge on any atom is 0.258 e. The lowest BCUT2D eigenvalue weighted by atomic mass is 10.0. The number of nitrogens with two attached hydrogens (primary N) is 1. The molecule has 3 N–H and O–H groups in total. The highest BCUT2D eigenvalue weighted by atomic mass is 35.5. The van der Waals surface area contributed by atoms with Gasteiger partial charge in [0.15, 0.2) is 6.61 Å². The van der Waals surface area contributed by atoms with Crippen molar-refractivity contribution < 1.29 is 9.53 Å². The molecule has 108 valence electrons. The lowest BCUT2D eigenvalue weighted by molar-refractivity contribution is -0.122. The fourth-order valence-corrected chi connectivity index (χ4v) is 1.87. The van der Waals surface area contributed by atoms with Crippen LogP contribution in [0.15, 0.2) is 18.2 Å². The van der Waals surface area contributed by atoms with Gasteiger partial charge in [-0.05, 0) is 25.0 Å². The van der Waals surface area contributed by atoms with Crippen molar-refractivity contribution in [3.05, 3.63) is 28.8 Å². The molecule has 1 unspecified atom stereocenters. The molecule has 0 aliphatic heterocycles. The molecule has 0 heterocycles. The number of halogens is 1. The largest absolute Gasteiger partial charge is 0.483 e. The van der Waals surface area contributed by atoms with E-state index >= 15 is 0 Å². The molecule has 1 amide bonds. The predicted octanol–water partition coefficient (Wildman–Crippen LogP) is 1.75. The smallest absolute Gasteiger partial charge is 0.258 e. The van der Waals surface area contributed by atoms with E-state index in [1.165, 1.54) is 0 Å². The first-order valence-corrected chi connectivity index (χ1v) is 6.82. The molecule has 4 nitrogen and oxygen atoms in total. The normalized spacial score (nSPS) is 11.5. The summed E-state index contributed by atoms with van der Waals surface area (Å²) >= 11 is 6.17. The molecule has 20 heavy (non-hydrogen) atoms. The lowest BCUT2D eigenvalue weighted by Crippen LogP contribution is -2.29. The number of hydrogen-bond acceptors (Lipinski definition) is 3. The first-order chi connectivity index (χ1) is 9.58. The van der Waals surface area contributed by atoms with Gasteiger partial charge in [0.1, 0.15) is 5.75 Å². The first kappa shape index (κ1) is 16.4. The van der Waals surface area contributed by atoms with Gasteiger partial charge in [0.25, 0.3) is 5.91 Å². The molecule has 0 fully saturated rings. The Hall–Kier alpha value is -1.70. The van der Waals surface area contributed by atoms with Crippen LogP contribution in [0, 0.1) is 12.3 Å². The predicted molar refractivity (Wildman–Crippen MR) is 80.8 cm³/mol. The summed E-state index contributed by atoms with van der Waals surface area (Å²) in [6, 6.07) is 5.34.